The van der Waals surface area contributed by atoms with Gasteiger partial charge in [0.05, 0.1) is 25.8 Å². The molecule has 1 saturated heterocycles. The molecule has 1 aliphatic heterocycles. The van der Waals surface area contributed by atoms with Crippen LogP contribution in [0.1, 0.15) is 22.4 Å². The molecule has 0 amide bonds. The minimum atomic E-state index is 0.676. The molecule has 0 aliphatic carbocycles. The molecule has 1 fully saturated rings. The maximum atomic E-state index is 5.53. The van der Waals surface area contributed by atoms with Crippen molar-refractivity contribution < 1.29 is 9.47 Å². The Kier molecular flexibility index (Phi) is 7.71. The zero-order chi connectivity index (χ0) is 20.6. The molecule has 0 radical (unpaired) electrons. The van der Waals surface area contributed by atoms with Crippen LogP contribution in [0.5, 0.6) is 11.5 Å². The number of rotatable bonds is 7. The number of hydrogen-bond acceptors (Lipinski definition) is 6. The highest BCUT2D eigenvalue weighted by Gasteiger charge is 2.21. The number of nitrogens with zero attached hydrogens (tertiary/aromatic N) is 4. The number of nitrogens with one attached hydrogen (secondary N) is 1. The van der Waals surface area contributed by atoms with Gasteiger partial charge in [0.25, 0.3) is 0 Å². The first-order valence-electron chi connectivity index (χ1n) is 10.0. The fourth-order valence-electron chi connectivity index (χ4n) is 3.42. The van der Waals surface area contributed by atoms with Crippen molar-refractivity contribution in [1.29, 1.82) is 0 Å². The van der Waals surface area contributed by atoms with Gasteiger partial charge in [-0.25, -0.2) is 9.98 Å². The first-order chi connectivity index (χ1) is 14.1. The number of thiazole rings is 1. The SMILES string of the molecule is CCNC(=NCc1cnc(C)s1)N1CCN(Cc2cc(OC)ccc2OC)CC1. The topological polar surface area (TPSA) is 62.2 Å². The molecule has 1 aromatic carbocycles. The number of guanidine groups is 1. The van der Waals surface area contributed by atoms with Crippen LogP contribution in [0, 0.1) is 6.92 Å². The number of aliphatic imine (C=N–C) groups is 1. The van der Waals surface area contributed by atoms with Crippen LogP contribution in [0.3, 0.4) is 0 Å². The summed E-state index contributed by atoms with van der Waals surface area (Å²) in [5.41, 5.74) is 1.15. The summed E-state index contributed by atoms with van der Waals surface area (Å²) in [4.78, 5) is 15.1. The number of aromatic nitrogens is 1. The Bertz CT molecular complexity index is 815. The largest absolute Gasteiger partial charge is 0.497 e. The number of methoxy groups -OCH3 is 2. The summed E-state index contributed by atoms with van der Waals surface area (Å²) in [7, 11) is 3.41. The number of benzene rings is 1. The predicted molar refractivity (Wildman–Crippen MR) is 118 cm³/mol. The van der Waals surface area contributed by atoms with Gasteiger partial charge in [-0.05, 0) is 32.0 Å². The van der Waals surface area contributed by atoms with E-state index in [4.69, 9.17) is 14.5 Å². The molecule has 0 atom stereocenters. The highest BCUT2D eigenvalue weighted by atomic mass is 32.1. The molecule has 8 heteroatoms. The molecular weight excluding hydrogens is 386 g/mol. The van der Waals surface area contributed by atoms with Gasteiger partial charge in [0.1, 0.15) is 11.5 Å². The lowest BCUT2D eigenvalue weighted by molar-refractivity contribution is 0.171. The van der Waals surface area contributed by atoms with Gasteiger partial charge in [0.2, 0.25) is 0 Å². The van der Waals surface area contributed by atoms with Crippen molar-refractivity contribution in [3.05, 3.63) is 39.8 Å². The van der Waals surface area contributed by atoms with Crippen LogP contribution in [0.25, 0.3) is 0 Å². The van der Waals surface area contributed by atoms with Crippen molar-refractivity contribution in [2.45, 2.75) is 26.9 Å². The molecule has 1 aromatic heterocycles. The molecule has 1 N–H and O–H groups in total. The van der Waals surface area contributed by atoms with Crippen LogP contribution >= 0.6 is 11.3 Å². The zero-order valence-electron chi connectivity index (χ0n) is 17.8. The normalized spacial score (nSPS) is 15.4. The standard InChI is InChI=1S/C21H31N5O2S/c1-5-22-21(24-14-19-13-23-16(2)29-19)26-10-8-25(9-11-26)15-17-12-18(27-3)6-7-20(17)28-4/h6-7,12-13H,5,8-11,14-15H2,1-4H3,(H,22,24). The fraction of sp³-hybridized carbons (Fsp3) is 0.524. The third-order valence-corrected chi connectivity index (χ3v) is 5.84. The van der Waals surface area contributed by atoms with Gasteiger partial charge >= 0.3 is 0 Å². The first-order valence-corrected chi connectivity index (χ1v) is 10.8. The molecule has 1 aliphatic rings. The molecule has 0 unspecified atom stereocenters. The zero-order valence-corrected chi connectivity index (χ0v) is 18.6. The summed E-state index contributed by atoms with van der Waals surface area (Å²) >= 11 is 1.71. The summed E-state index contributed by atoms with van der Waals surface area (Å²) in [5.74, 6) is 2.75. The molecule has 29 heavy (non-hydrogen) atoms. The maximum absolute atomic E-state index is 5.53. The average Bonchev–Trinajstić information content (AvgIpc) is 3.17. The van der Waals surface area contributed by atoms with E-state index in [0.717, 1.165) is 67.3 Å². The Hall–Kier alpha value is -2.32. The number of ether oxygens (including phenoxy) is 2. The monoisotopic (exact) mass is 417 g/mol. The van der Waals surface area contributed by atoms with Gasteiger partial charge < -0.3 is 19.7 Å². The van der Waals surface area contributed by atoms with Gasteiger partial charge in [-0.1, -0.05) is 0 Å². The molecule has 0 spiro atoms. The fourth-order valence-corrected chi connectivity index (χ4v) is 4.14. The molecule has 0 bridgehead atoms. The smallest absolute Gasteiger partial charge is 0.194 e. The summed E-state index contributed by atoms with van der Waals surface area (Å²) < 4.78 is 10.9. The number of hydrogen-bond donors (Lipinski definition) is 1. The summed E-state index contributed by atoms with van der Waals surface area (Å²) in [5, 5.41) is 4.52. The second-order valence-corrected chi connectivity index (χ2v) is 8.28. The quantitative estimate of drug-likeness (QED) is 0.552. The Morgan fingerprint density at radius 2 is 2.00 bits per heavy atom. The summed E-state index contributed by atoms with van der Waals surface area (Å²) in [6, 6.07) is 5.97. The average molecular weight is 418 g/mol. The molecule has 0 saturated carbocycles. The number of piperazine rings is 1. The molecular formula is C21H31N5O2S. The van der Waals surface area contributed by atoms with E-state index in [1.54, 1.807) is 25.6 Å². The van der Waals surface area contributed by atoms with Crippen LogP contribution in [-0.2, 0) is 13.1 Å². The highest BCUT2D eigenvalue weighted by molar-refractivity contribution is 7.11. The summed E-state index contributed by atoms with van der Waals surface area (Å²) in [6.45, 7) is 10.4. The third kappa shape index (κ3) is 5.83. The van der Waals surface area contributed by atoms with E-state index in [-0.39, 0.29) is 0 Å². The minimum Gasteiger partial charge on any atom is -0.497 e. The molecule has 158 valence electrons. The van der Waals surface area contributed by atoms with Crippen molar-refractivity contribution in [1.82, 2.24) is 20.1 Å². The van der Waals surface area contributed by atoms with Crippen LogP contribution in [0.4, 0.5) is 0 Å². The van der Waals surface area contributed by atoms with Crippen LogP contribution in [0.15, 0.2) is 29.4 Å². The van der Waals surface area contributed by atoms with E-state index in [1.807, 2.05) is 25.3 Å². The van der Waals surface area contributed by atoms with Gasteiger partial charge in [0.15, 0.2) is 5.96 Å². The van der Waals surface area contributed by atoms with E-state index >= 15 is 0 Å². The van der Waals surface area contributed by atoms with E-state index in [0.29, 0.717) is 6.54 Å². The Morgan fingerprint density at radius 3 is 2.62 bits per heavy atom. The van der Waals surface area contributed by atoms with E-state index in [1.165, 1.54) is 4.88 Å². The van der Waals surface area contributed by atoms with Gasteiger partial charge in [0, 0.05) is 55.9 Å². The predicted octanol–water partition coefficient (Wildman–Crippen LogP) is 2.75. The molecule has 2 heterocycles. The lowest BCUT2D eigenvalue weighted by atomic mass is 10.1. The van der Waals surface area contributed by atoms with E-state index < -0.39 is 0 Å². The lowest BCUT2D eigenvalue weighted by Gasteiger charge is -2.36. The Labute approximate surface area is 177 Å². The number of aryl methyl sites for hydroxylation is 1. The van der Waals surface area contributed by atoms with Crippen LogP contribution < -0.4 is 14.8 Å². The van der Waals surface area contributed by atoms with Gasteiger partial charge in [-0.3, -0.25) is 4.90 Å². The van der Waals surface area contributed by atoms with Crippen molar-refractivity contribution in [3.63, 3.8) is 0 Å². The van der Waals surface area contributed by atoms with Gasteiger partial charge in [-0.2, -0.15) is 0 Å². The molecule has 7 nitrogen and oxygen atoms in total. The highest BCUT2D eigenvalue weighted by Crippen LogP contribution is 2.25. The lowest BCUT2D eigenvalue weighted by Crippen LogP contribution is -2.52. The second kappa shape index (κ2) is 10.5. The van der Waals surface area contributed by atoms with Crippen molar-refractivity contribution in [2.75, 3.05) is 46.9 Å². The molecule has 3 rings (SSSR count). The van der Waals surface area contributed by atoms with E-state index in [9.17, 15) is 0 Å². The Morgan fingerprint density at radius 1 is 1.21 bits per heavy atom. The third-order valence-electron chi connectivity index (χ3n) is 4.94. The van der Waals surface area contributed by atoms with Crippen molar-refractivity contribution in [2.24, 2.45) is 4.99 Å². The van der Waals surface area contributed by atoms with Crippen LogP contribution in [0.2, 0.25) is 0 Å². The molecule has 2 aromatic rings. The van der Waals surface area contributed by atoms with Crippen molar-refractivity contribution >= 4 is 17.3 Å². The first kappa shape index (κ1) is 21.4. The van der Waals surface area contributed by atoms with Gasteiger partial charge in [-0.15, -0.1) is 11.3 Å². The maximum Gasteiger partial charge on any atom is 0.194 e. The Balaban J connectivity index is 1.59. The van der Waals surface area contributed by atoms with Crippen LogP contribution in [-0.4, -0.2) is 67.7 Å². The summed E-state index contributed by atoms with van der Waals surface area (Å²) in [6.07, 6.45) is 1.92. The second-order valence-electron chi connectivity index (χ2n) is 6.96. The van der Waals surface area contributed by atoms with E-state index in [2.05, 4.69) is 33.1 Å². The van der Waals surface area contributed by atoms with Crippen molar-refractivity contribution in [3.8, 4) is 11.5 Å². The minimum absolute atomic E-state index is 0.676.